The minimum Gasteiger partial charge on any atom is -0.490 e. The Balaban J connectivity index is 1.44. The Morgan fingerprint density at radius 1 is 0.923 bits per heavy atom. The smallest absolute Gasteiger partial charge is 0.282 e. The third-order valence-electron chi connectivity index (χ3n) is 6.48. The lowest BCUT2D eigenvalue weighted by Gasteiger charge is -2.14. The van der Waals surface area contributed by atoms with Crippen LogP contribution in [0.3, 0.4) is 0 Å². The van der Waals surface area contributed by atoms with Gasteiger partial charge in [0, 0.05) is 10.9 Å². The number of rotatable bonds is 10. The van der Waals surface area contributed by atoms with Gasteiger partial charge in [-0.25, -0.2) is 4.98 Å². The number of nitrogens with zero attached hydrogens (tertiary/aromatic N) is 3. The van der Waals surface area contributed by atoms with Crippen LogP contribution in [0.25, 0.3) is 21.7 Å². The molecular formula is C32H30BrN3O3. The number of fused-ring (bicyclic) bond motifs is 2. The van der Waals surface area contributed by atoms with E-state index in [2.05, 4.69) is 52.2 Å². The Hall–Kier alpha value is -3.97. The molecule has 0 saturated heterocycles. The van der Waals surface area contributed by atoms with E-state index in [0.717, 1.165) is 28.4 Å². The molecule has 0 radical (unpaired) electrons. The van der Waals surface area contributed by atoms with Crippen LogP contribution in [0.4, 0.5) is 0 Å². The van der Waals surface area contributed by atoms with Gasteiger partial charge in [-0.1, -0.05) is 71.7 Å². The van der Waals surface area contributed by atoms with Crippen LogP contribution < -0.4 is 15.0 Å². The van der Waals surface area contributed by atoms with E-state index in [4.69, 9.17) is 14.5 Å². The van der Waals surface area contributed by atoms with Crippen LogP contribution in [0.2, 0.25) is 0 Å². The number of ether oxygens (including phenoxy) is 2. The van der Waals surface area contributed by atoms with Gasteiger partial charge in [-0.05, 0) is 71.6 Å². The van der Waals surface area contributed by atoms with Gasteiger partial charge < -0.3 is 9.47 Å². The van der Waals surface area contributed by atoms with Crippen LogP contribution in [0.1, 0.15) is 43.6 Å². The summed E-state index contributed by atoms with van der Waals surface area (Å²) in [6.07, 6.45) is 4.25. The maximum Gasteiger partial charge on any atom is 0.282 e. The molecule has 1 aromatic heterocycles. The molecule has 0 unspecified atom stereocenters. The highest BCUT2D eigenvalue weighted by molar-refractivity contribution is 9.10. The highest BCUT2D eigenvalue weighted by Gasteiger charge is 2.12. The van der Waals surface area contributed by atoms with Crippen LogP contribution >= 0.6 is 15.9 Å². The Kier molecular flexibility index (Phi) is 8.37. The molecule has 39 heavy (non-hydrogen) atoms. The van der Waals surface area contributed by atoms with Crippen molar-refractivity contribution in [2.24, 2.45) is 5.10 Å². The molecule has 0 aliphatic rings. The summed E-state index contributed by atoms with van der Waals surface area (Å²) in [6.45, 7) is 4.97. The van der Waals surface area contributed by atoms with E-state index >= 15 is 0 Å². The fraction of sp³-hybridized carbons (Fsp3) is 0.219. The Bertz CT molecular complexity index is 1710. The summed E-state index contributed by atoms with van der Waals surface area (Å²) in [7, 11) is 0. The zero-order valence-corrected chi connectivity index (χ0v) is 23.6. The molecule has 0 spiro atoms. The monoisotopic (exact) mass is 583 g/mol. The SMILES string of the molecule is CCCCc1nc2ccc(Br)cc2c(=O)n1N=Cc1ccc(OCc2cccc3ccccc23)c(OCC)c1. The summed E-state index contributed by atoms with van der Waals surface area (Å²) in [6, 6.07) is 25.7. The van der Waals surface area contributed by atoms with E-state index in [-0.39, 0.29) is 5.56 Å². The number of aromatic nitrogens is 2. The van der Waals surface area contributed by atoms with Gasteiger partial charge in [0.15, 0.2) is 11.5 Å². The minimum atomic E-state index is -0.191. The summed E-state index contributed by atoms with van der Waals surface area (Å²) in [5, 5.41) is 7.44. The molecule has 198 valence electrons. The van der Waals surface area contributed by atoms with Crippen LogP contribution in [0.5, 0.6) is 11.5 Å². The number of benzene rings is 4. The number of halogens is 1. The highest BCUT2D eigenvalue weighted by atomic mass is 79.9. The highest BCUT2D eigenvalue weighted by Crippen LogP contribution is 2.30. The van der Waals surface area contributed by atoms with Crippen molar-refractivity contribution in [2.75, 3.05) is 6.61 Å². The maximum atomic E-state index is 13.4. The van der Waals surface area contributed by atoms with Gasteiger partial charge in [0.05, 0.1) is 23.7 Å². The van der Waals surface area contributed by atoms with Crippen molar-refractivity contribution < 1.29 is 9.47 Å². The lowest BCUT2D eigenvalue weighted by molar-refractivity contribution is 0.270. The van der Waals surface area contributed by atoms with Gasteiger partial charge in [0.2, 0.25) is 0 Å². The Labute approximate surface area is 236 Å². The second-order valence-corrected chi connectivity index (χ2v) is 10.1. The van der Waals surface area contributed by atoms with Gasteiger partial charge >= 0.3 is 0 Å². The molecule has 0 aliphatic heterocycles. The zero-order valence-electron chi connectivity index (χ0n) is 22.1. The first kappa shape index (κ1) is 26.6. The predicted molar refractivity (Wildman–Crippen MR) is 161 cm³/mol. The Morgan fingerprint density at radius 3 is 2.62 bits per heavy atom. The molecule has 0 aliphatic carbocycles. The second-order valence-electron chi connectivity index (χ2n) is 9.22. The molecule has 0 amide bonds. The van der Waals surface area contributed by atoms with Gasteiger partial charge in [-0.2, -0.15) is 9.78 Å². The lowest BCUT2D eigenvalue weighted by Crippen LogP contribution is -2.22. The minimum absolute atomic E-state index is 0.191. The van der Waals surface area contributed by atoms with Crippen molar-refractivity contribution in [2.45, 2.75) is 39.7 Å². The first-order valence-electron chi connectivity index (χ1n) is 13.2. The third kappa shape index (κ3) is 6.04. The molecule has 5 aromatic rings. The molecule has 0 saturated carbocycles. The normalized spacial score (nSPS) is 11.5. The van der Waals surface area contributed by atoms with Gasteiger partial charge in [-0.3, -0.25) is 4.79 Å². The summed E-state index contributed by atoms with van der Waals surface area (Å²) < 4.78 is 14.3. The molecule has 6 nitrogen and oxygen atoms in total. The van der Waals surface area contributed by atoms with Crippen molar-refractivity contribution in [3.63, 3.8) is 0 Å². The molecule has 7 heteroatoms. The summed E-state index contributed by atoms with van der Waals surface area (Å²) in [5.41, 5.74) is 2.38. The van der Waals surface area contributed by atoms with E-state index in [1.54, 1.807) is 12.3 Å². The maximum absolute atomic E-state index is 13.4. The average molecular weight is 585 g/mol. The molecule has 0 atom stereocenters. The summed E-state index contributed by atoms with van der Waals surface area (Å²) >= 11 is 3.46. The van der Waals surface area contributed by atoms with E-state index in [0.29, 0.717) is 47.9 Å². The van der Waals surface area contributed by atoms with E-state index in [1.165, 1.54) is 15.4 Å². The zero-order chi connectivity index (χ0) is 27.2. The fourth-order valence-corrected chi connectivity index (χ4v) is 4.86. The fourth-order valence-electron chi connectivity index (χ4n) is 4.50. The topological polar surface area (TPSA) is 65.7 Å². The molecule has 0 bridgehead atoms. The van der Waals surface area contributed by atoms with Crippen LogP contribution in [0, 0.1) is 0 Å². The van der Waals surface area contributed by atoms with Gasteiger partial charge in [-0.15, -0.1) is 0 Å². The van der Waals surface area contributed by atoms with Crippen molar-refractivity contribution in [3.8, 4) is 11.5 Å². The van der Waals surface area contributed by atoms with Crippen molar-refractivity contribution in [3.05, 3.63) is 111 Å². The standard InChI is InChI=1S/C32H30BrN3O3/c1-3-5-13-31-35-28-16-15-25(33)19-27(28)32(37)36(31)34-20-22-14-17-29(30(18-22)38-4-2)39-21-24-11-8-10-23-9-6-7-12-26(23)24/h6-12,14-20H,3-5,13,21H2,1-2H3. The molecule has 4 aromatic carbocycles. The number of unbranched alkanes of at least 4 members (excludes halogenated alkanes) is 1. The van der Waals surface area contributed by atoms with Crippen LogP contribution in [-0.2, 0) is 13.0 Å². The molecular weight excluding hydrogens is 554 g/mol. The van der Waals surface area contributed by atoms with Gasteiger partial charge in [0.1, 0.15) is 12.4 Å². The molecule has 1 heterocycles. The first-order valence-corrected chi connectivity index (χ1v) is 14.0. The van der Waals surface area contributed by atoms with Crippen molar-refractivity contribution >= 4 is 43.8 Å². The number of hydrogen-bond acceptors (Lipinski definition) is 5. The Morgan fingerprint density at radius 2 is 1.77 bits per heavy atom. The van der Waals surface area contributed by atoms with Crippen LogP contribution in [-0.4, -0.2) is 22.5 Å². The average Bonchev–Trinajstić information content (AvgIpc) is 2.95. The van der Waals surface area contributed by atoms with E-state index in [1.807, 2.05) is 55.5 Å². The molecule has 0 N–H and O–H groups in total. The predicted octanol–water partition coefficient (Wildman–Crippen LogP) is 7.51. The van der Waals surface area contributed by atoms with Crippen molar-refractivity contribution in [1.82, 2.24) is 9.66 Å². The lowest BCUT2D eigenvalue weighted by atomic mass is 10.1. The largest absolute Gasteiger partial charge is 0.490 e. The quantitative estimate of drug-likeness (QED) is 0.159. The van der Waals surface area contributed by atoms with E-state index < -0.39 is 0 Å². The molecule has 5 rings (SSSR count). The summed E-state index contributed by atoms with van der Waals surface area (Å²) in [4.78, 5) is 18.1. The number of hydrogen-bond donors (Lipinski definition) is 0. The molecule has 0 fully saturated rings. The number of aryl methyl sites for hydroxylation is 1. The van der Waals surface area contributed by atoms with Gasteiger partial charge in [0.25, 0.3) is 5.56 Å². The van der Waals surface area contributed by atoms with Crippen LogP contribution in [0.15, 0.2) is 93.2 Å². The summed E-state index contributed by atoms with van der Waals surface area (Å²) in [5.74, 6) is 1.92. The van der Waals surface area contributed by atoms with E-state index in [9.17, 15) is 4.79 Å². The first-order chi connectivity index (χ1) is 19.1. The second kappa shape index (κ2) is 12.3. The third-order valence-corrected chi connectivity index (χ3v) is 6.98. The van der Waals surface area contributed by atoms with Crippen molar-refractivity contribution in [1.29, 1.82) is 0 Å².